The van der Waals surface area contributed by atoms with Crippen LogP contribution in [0.1, 0.15) is 238 Å². The zero-order valence-electron chi connectivity index (χ0n) is 64.5. The number of alkyl halides is 1. The Morgan fingerprint density at radius 2 is 0.415 bits per heavy atom. The van der Waals surface area contributed by atoms with Crippen LogP contribution in [-0.2, 0) is 14.3 Å². The minimum Gasteiger partial charge on any atom is -0.466 e. The molecule has 0 heterocycles. The number of thioether (sulfide) groups is 1. The van der Waals surface area contributed by atoms with Crippen LogP contribution in [-0.4, -0.2) is 62.6 Å². The molecule has 0 spiro atoms. The van der Waals surface area contributed by atoms with Crippen molar-refractivity contribution in [1.82, 2.24) is 5.32 Å². The van der Waals surface area contributed by atoms with Gasteiger partial charge in [0.25, 0.3) is 0 Å². The van der Waals surface area contributed by atoms with Crippen molar-refractivity contribution >= 4 is 93.4 Å². The van der Waals surface area contributed by atoms with Crippen molar-refractivity contribution in [2.75, 3.05) is 45.7 Å². The number of amides is 1. The second-order valence-electron chi connectivity index (χ2n) is 23.1. The monoisotopic (exact) mass is 1560 g/mol. The van der Waals surface area contributed by atoms with E-state index in [2.05, 4.69) is 391 Å². The molecule has 0 aliphatic heterocycles. The number of rotatable bonds is 7. The van der Waals surface area contributed by atoms with E-state index in [4.69, 9.17) is 5.11 Å². The Labute approximate surface area is 675 Å². The van der Waals surface area contributed by atoms with E-state index in [1.165, 1.54) is 113 Å². The van der Waals surface area contributed by atoms with E-state index in [0.29, 0.717) is 6.61 Å². The minimum atomic E-state index is -0.211. The molecule has 0 saturated carbocycles. The van der Waals surface area contributed by atoms with E-state index in [1.807, 2.05) is 17.6 Å². The zero-order chi connectivity index (χ0) is 74.2. The van der Waals surface area contributed by atoms with Crippen molar-refractivity contribution in [3.63, 3.8) is 0 Å². The van der Waals surface area contributed by atoms with Gasteiger partial charge in [-0.2, -0.15) is 11.8 Å². The zero-order valence-corrected chi connectivity index (χ0v) is 66.9. The van der Waals surface area contributed by atoms with E-state index in [0.717, 1.165) is 36.7 Å². The molecule has 106 heavy (non-hydrogen) atoms. The van der Waals surface area contributed by atoms with E-state index in [1.54, 1.807) is 14.0 Å². The minimum absolute atomic E-state index is 0. The molecular formula is C98H175BrN2O4S. The molecule has 0 bridgehead atoms. The second-order valence-corrected chi connectivity index (χ2v) is 24.2. The van der Waals surface area contributed by atoms with E-state index < -0.39 is 0 Å². The SMILES string of the molecule is C.C.C.C.C.C.C.C.C.C.CBr.CCC(C)C.CCC(C)C.CCC(C)C.CCC(C)C.CCC(C)C.CCOC(C)=O.CCSC.CN.CNC(C)=O.CO.c1ccc2ccccc2c1.c1ccc2ccccc2c1.c1ccc2ccccc2c1.c1ccc2ccccc2c1.c1ccc2ccccc2c1. The quantitative estimate of drug-likeness (QED) is 0.109. The molecule has 0 unspecified atom stereocenters. The number of aliphatic hydroxyl groups is 1. The molecular weight excluding hydrogens is 1380 g/mol. The molecule has 10 aromatic carbocycles. The summed E-state index contributed by atoms with van der Waals surface area (Å²) in [7, 11) is 4.10. The van der Waals surface area contributed by atoms with Crippen molar-refractivity contribution < 1.29 is 19.4 Å². The number of halogens is 1. The first kappa shape index (κ1) is 138. The third kappa shape index (κ3) is 91.4. The maximum absolute atomic E-state index is 9.82. The van der Waals surface area contributed by atoms with Crippen LogP contribution in [0.25, 0.3) is 53.9 Å². The largest absolute Gasteiger partial charge is 0.466 e. The smallest absolute Gasteiger partial charge is 0.302 e. The first-order chi connectivity index (χ1) is 46.1. The van der Waals surface area contributed by atoms with Gasteiger partial charge in [-0.25, -0.2) is 0 Å². The summed E-state index contributed by atoms with van der Waals surface area (Å²) >= 11 is 4.79. The molecule has 8 heteroatoms. The fraction of sp³-hybridized carbons (Fsp3) is 0.469. The Balaban J connectivity index is -0.0000000591. The fourth-order valence-electron chi connectivity index (χ4n) is 5.87. The molecule has 4 N–H and O–H groups in total. The van der Waals surface area contributed by atoms with Gasteiger partial charge in [-0.3, -0.25) is 9.59 Å². The van der Waals surface area contributed by atoms with E-state index >= 15 is 0 Å². The number of hydrogen-bond acceptors (Lipinski definition) is 6. The van der Waals surface area contributed by atoms with Gasteiger partial charge in [0, 0.05) is 28.0 Å². The highest BCUT2D eigenvalue weighted by Gasteiger charge is 1.90. The second kappa shape index (κ2) is 105. The summed E-state index contributed by atoms with van der Waals surface area (Å²) in [6.07, 6.45) is 8.62. The Hall–Kier alpha value is -6.81. The first-order valence-corrected chi connectivity index (χ1v) is 37.5. The molecule has 6 nitrogen and oxygen atoms in total. The van der Waals surface area contributed by atoms with Crippen LogP contribution >= 0.6 is 27.7 Å². The topological polar surface area (TPSA) is 102 Å². The number of esters is 1. The van der Waals surface area contributed by atoms with Crippen LogP contribution in [0.5, 0.6) is 0 Å². The molecule has 1 amide bonds. The number of nitrogens with one attached hydrogen (secondary N) is 1. The molecule has 0 atom stereocenters. The summed E-state index contributed by atoms with van der Waals surface area (Å²) < 4.78 is 4.40. The van der Waals surface area contributed by atoms with Crippen LogP contribution in [0, 0.1) is 29.6 Å². The summed E-state index contributed by atoms with van der Waals surface area (Å²) in [5.41, 5.74) is 4.50. The number of carbonyl (C=O) groups excluding carboxylic acids is 2. The Kier molecular flexibility index (Phi) is 136. The average molecular weight is 1560 g/mol. The third-order valence-electron chi connectivity index (χ3n) is 13.4. The van der Waals surface area contributed by atoms with Gasteiger partial charge >= 0.3 is 5.97 Å². The highest BCUT2D eigenvalue weighted by Crippen LogP contribution is 2.15. The lowest BCUT2D eigenvalue weighted by molar-refractivity contribution is -0.140. The number of nitrogens with two attached hydrogens (primary N) is 1. The first-order valence-electron chi connectivity index (χ1n) is 34.5. The molecule has 0 aliphatic rings. The van der Waals surface area contributed by atoms with Crippen molar-refractivity contribution in [2.45, 2.75) is 238 Å². The number of fused-ring (bicyclic) bond motifs is 5. The lowest BCUT2D eigenvalue weighted by Gasteiger charge is -1.92. The highest BCUT2D eigenvalue weighted by atomic mass is 79.9. The summed E-state index contributed by atoms with van der Waals surface area (Å²) in [4.78, 5) is 19.5. The van der Waals surface area contributed by atoms with Crippen LogP contribution in [0.4, 0.5) is 0 Å². The van der Waals surface area contributed by atoms with Crippen molar-refractivity contribution in [3.05, 3.63) is 243 Å². The maximum atomic E-state index is 9.82. The number of ether oxygens (including phenoxy) is 1. The normalized spacial score (nSPS) is 8.19. The standard InChI is InChI=1S/5C10H8.5C5H12.C4H8O2.C3H7NO.C3H8S.CH3Br.CH5N.CH4O.10CH4/c5*1-2-6-10-8-4-3-7-9(10)5-1;5*1-4-5(2)3;1-3-6-4(2)5;1-3(5)4-2;1-3-4-2;3*1-2;;;;;;;;;;/h5*1-8H;5*5H,4H2,1-3H3;3H2,1-2H3;1-2H3,(H,4,5);3H2,1-2H3;1H3;2H2,1H3;2H,1H3;10*1H4. The predicted octanol–water partition coefficient (Wildman–Crippen LogP) is 32.7. The predicted molar refractivity (Wildman–Crippen MR) is 512 cm³/mol. The molecule has 10 aromatic rings. The Bertz CT molecular complexity index is 2430. The van der Waals surface area contributed by atoms with Crippen LogP contribution in [0.15, 0.2) is 243 Å². The summed E-state index contributed by atoms with van der Waals surface area (Å²) in [6, 6.07) is 83.6. The summed E-state index contributed by atoms with van der Waals surface area (Å²) in [5, 5.41) is 22.5. The average Bonchev–Trinajstić information content (AvgIpc) is 0.914. The Morgan fingerprint density at radius 1 is 0.330 bits per heavy atom. The molecule has 614 valence electrons. The molecule has 0 radical (unpaired) electrons. The Morgan fingerprint density at radius 3 is 0.443 bits per heavy atom. The third-order valence-corrected chi connectivity index (χ3v) is 13.9. The van der Waals surface area contributed by atoms with E-state index in [9.17, 15) is 9.59 Å². The molecule has 0 fully saturated rings. The van der Waals surface area contributed by atoms with Gasteiger partial charge in [0.2, 0.25) is 5.91 Å². The van der Waals surface area contributed by atoms with Gasteiger partial charge < -0.3 is 20.9 Å². The van der Waals surface area contributed by atoms with Crippen LogP contribution in [0.3, 0.4) is 0 Å². The van der Waals surface area contributed by atoms with Gasteiger partial charge in [-0.15, -0.1) is 0 Å². The molecule has 0 aliphatic carbocycles. The van der Waals surface area contributed by atoms with Gasteiger partial charge in [-0.05, 0) is 115 Å². The number of aliphatic hydroxyl groups excluding tert-OH is 1. The maximum Gasteiger partial charge on any atom is 0.302 e. The highest BCUT2D eigenvalue weighted by molar-refractivity contribution is 9.08. The van der Waals surface area contributed by atoms with Gasteiger partial charge in [0.15, 0.2) is 0 Å². The van der Waals surface area contributed by atoms with Crippen molar-refractivity contribution in [3.8, 4) is 0 Å². The summed E-state index contributed by atoms with van der Waals surface area (Å²) in [5.74, 6) is 7.26. The van der Waals surface area contributed by atoms with Crippen molar-refractivity contribution in [1.29, 1.82) is 0 Å². The molecule has 0 saturated heterocycles. The molecule has 10 rings (SSSR count). The number of carbonyl (C=O) groups is 2. The number of benzene rings is 10. The lowest BCUT2D eigenvalue weighted by atomic mass is 10.1. The molecule has 0 aromatic heterocycles. The van der Waals surface area contributed by atoms with E-state index in [-0.39, 0.29) is 86.1 Å². The van der Waals surface area contributed by atoms with Crippen LogP contribution in [0.2, 0.25) is 0 Å². The van der Waals surface area contributed by atoms with Crippen LogP contribution < -0.4 is 11.1 Å². The van der Waals surface area contributed by atoms with Gasteiger partial charge in [0.05, 0.1) is 6.61 Å². The fourth-order valence-corrected chi connectivity index (χ4v) is 5.87. The van der Waals surface area contributed by atoms with Crippen molar-refractivity contribution in [2.24, 2.45) is 35.3 Å². The van der Waals surface area contributed by atoms with Gasteiger partial charge in [-0.1, -0.05) is 476 Å². The van der Waals surface area contributed by atoms with Gasteiger partial charge in [0.1, 0.15) is 0 Å². The number of hydrogen-bond donors (Lipinski definition) is 3. The lowest BCUT2D eigenvalue weighted by Crippen LogP contribution is -2.11. The summed E-state index contributed by atoms with van der Waals surface area (Å²) in [6.45, 7) is 40.5.